The predicted octanol–water partition coefficient (Wildman–Crippen LogP) is 2.70. The predicted molar refractivity (Wildman–Crippen MR) is 79.7 cm³/mol. The van der Waals surface area contributed by atoms with Crippen molar-refractivity contribution in [2.24, 2.45) is 5.10 Å². The highest BCUT2D eigenvalue weighted by atomic mass is 79.9. The number of hydrazone groups is 1. The maximum absolute atomic E-state index is 11.9. The van der Waals surface area contributed by atoms with Crippen molar-refractivity contribution < 1.29 is 9.90 Å². The number of pyridine rings is 1. The van der Waals surface area contributed by atoms with Crippen molar-refractivity contribution in [3.05, 3.63) is 58.3 Å². The van der Waals surface area contributed by atoms with Gasteiger partial charge in [-0.3, -0.25) is 9.78 Å². The van der Waals surface area contributed by atoms with Crippen LogP contribution in [0, 0.1) is 0 Å². The Hall–Kier alpha value is -2.21. The number of phenolic OH excluding ortho intramolecular Hbond substituents is 1. The first-order chi connectivity index (χ1) is 9.58. The molecule has 0 aliphatic heterocycles. The average Bonchev–Trinajstić information content (AvgIpc) is 2.47. The largest absolute Gasteiger partial charge is 0.507 e. The number of carbonyl (C=O) groups is 1. The van der Waals surface area contributed by atoms with Crippen LogP contribution >= 0.6 is 15.9 Å². The van der Waals surface area contributed by atoms with E-state index in [1.54, 1.807) is 37.5 Å². The van der Waals surface area contributed by atoms with Crippen LogP contribution in [-0.2, 0) is 0 Å². The van der Waals surface area contributed by atoms with E-state index in [9.17, 15) is 9.90 Å². The molecule has 0 saturated carbocycles. The van der Waals surface area contributed by atoms with Gasteiger partial charge in [-0.15, -0.1) is 0 Å². The smallest absolute Gasteiger partial charge is 0.275 e. The lowest BCUT2D eigenvalue weighted by Gasteiger charge is -2.05. The van der Waals surface area contributed by atoms with Gasteiger partial charge < -0.3 is 5.11 Å². The van der Waals surface area contributed by atoms with Crippen LogP contribution in [0.4, 0.5) is 0 Å². The Kier molecular flexibility index (Phi) is 4.47. The van der Waals surface area contributed by atoms with Crippen molar-refractivity contribution in [1.29, 1.82) is 0 Å². The molecule has 0 bridgehead atoms. The van der Waals surface area contributed by atoms with Crippen molar-refractivity contribution in [1.82, 2.24) is 10.4 Å². The van der Waals surface area contributed by atoms with Gasteiger partial charge in [0, 0.05) is 22.4 Å². The number of hydrogen-bond acceptors (Lipinski definition) is 4. The van der Waals surface area contributed by atoms with Gasteiger partial charge in [-0.25, -0.2) is 5.43 Å². The minimum Gasteiger partial charge on any atom is -0.507 e. The van der Waals surface area contributed by atoms with E-state index >= 15 is 0 Å². The first kappa shape index (κ1) is 14.2. The van der Waals surface area contributed by atoms with Gasteiger partial charge in [0.15, 0.2) is 0 Å². The van der Waals surface area contributed by atoms with E-state index in [-0.39, 0.29) is 11.3 Å². The number of hydrogen-bond donors (Lipinski definition) is 2. The fourth-order valence-electron chi connectivity index (χ4n) is 1.54. The molecule has 1 amide bonds. The standard InChI is InChI=1S/C14H12BrN3O2/c1-9(10-4-6-16-7-5-10)17-18-14(20)12-8-11(15)2-3-13(12)19/h2-8,19H,1H3,(H,18,20)/b17-9-. The molecular weight excluding hydrogens is 322 g/mol. The first-order valence-electron chi connectivity index (χ1n) is 5.81. The van der Waals surface area contributed by atoms with Crippen LogP contribution in [-0.4, -0.2) is 21.7 Å². The lowest BCUT2D eigenvalue weighted by atomic mass is 10.2. The lowest BCUT2D eigenvalue weighted by molar-refractivity contribution is 0.0952. The van der Waals surface area contributed by atoms with Crippen molar-refractivity contribution >= 4 is 27.5 Å². The third-order valence-electron chi connectivity index (χ3n) is 2.63. The Morgan fingerprint density at radius 1 is 1.30 bits per heavy atom. The van der Waals surface area contributed by atoms with Gasteiger partial charge in [0.2, 0.25) is 0 Å². The summed E-state index contributed by atoms with van der Waals surface area (Å²) in [5.74, 6) is -0.570. The number of aromatic nitrogens is 1. The molecule has 1 heterocycles. The maximum Gasteiger partial charge on any atom is 0.275 e. The Bertz CT molecular complexity index is 657. The summed E-state index contributed by atoms with van der Waals surface area (Å²) in [7, 11) is 0. The summed E-state index contributed by atoms with van der Waals surface area (Å²) in [5, 5.41) is 13.7. The normalized spacial score (nSPS) is 11.2. The van der Waals surface area contributed by atoms with Crippen LogP contribution in [0.15, 0.2) is 52.3 Å². The number of phenols is 1. The molecule has 2 rings (SSSR count). The van der Waals surface area contributed by atoms with Gasteiger partial charge in [-0.1, -0.05) is 15.9 Å². The van der Waals surface area contributed by atoms with Gasteiger partial charge in [0.05, 0.1) is 11.3 Å². The summed E-state index contributed by atoms with van der Waals surface area (Å²) in [6.45, 7) is 1.77. The molecule has 0 unspecified atom stereocenters. The Morgan fingerprint density at radius 2 is 2.00 bits per heavy atom. The summed E-state index contributed by atoms with van der Waals surface area (Å²) in [6, 6.07) is 8.21. The average molecular weight is 334 g/mol. The maximum atomic E-state index is 11.9. The molecule has 0 atom stereocenters. The monoisotopic (exact) mass is 333 g/mol. The van der Waals surface area contributed by atoms with Gasteiger partial charge in [0.1, 0.15) is 5.75 Å². The second-order valence-corrected chi connectivity index (χ2v) is 4.95. The molecule has 0 aliphatic rings. The molecular formula is C14H12BrN3O2. The minimum atomic E-state index is -0.475. The van der Waals surface area contributed by atoms with E-state index in [0.717, 1.165) is 5.56 Å². The first-order valence-corrected chi connectivity index (χ1v) is 6.61. The fourth-order valence-corrected chi connectivity index (χ4v) is 1.90. The Balaban J connectivity index is 2.14. The number of benzene rings is 1. The van der Waals surface area contributed by atoms with E-state index in [0.29, 0.717) is 10.2 Å². The van der Waals surface area contributed by atoms with E-state index < -0.39 is 5.91 Å². The number of nitrogens with one attached hydrogen (secondary N) is 1. The third kappa shape index (κ3) is 3.42. The second-order valence-electron chi connectivity index (χ2n) is 4.04. The number of carbonyl (C=O) groups excluding carboxylic acids is 1. The molecule has 1 aromatic heterocycles. The van der Waals surface area contributed by atoms with Gasteiger partial charge in [-0.2, -0.15) is 5.10 Å². The Morgan fingerprint density at radius 3 is 2.70 bits per heavy atom. The number of nitrogens with zero attached hydrogens (tertiary/aromatic N) is 2. The van der Waals surface area contributed by atoms with E-state index in [1.807, 2.05) is 0 Å². The van der Waals surface area contributed by atoms with Crippen molar-refractivity contribution in [2.75, 3.05) is 0 Å². The van der Waals surface area contributed by atoms with Crippen LogP contribution in [0.2, 0.25) is 0 Å². The Labute approximate surface area is 124 Å². The molecule has 102 valence electrons. The SMILES string of the molecule is C/C(=N/NC(=O)c1cc(Br)ccc1O)c1ccncc1. The summed E-state index contributed by atoms with van der Waals surface area (Å²) >= 11 is 3.25. The highest BCUT2D eigenvalue weighted by molar-refractivity contribution is 9.10. The van der Waals surface area contributed by atoms with Gasteiger partial charge in [-0.05, 0) is 37.3 Å². The molecule has 0 saturated heterocycles. The van der Waals surface area contributed by atoms with Crippen LogP contribution in [0.1, 0.15) is 22.8 Å². The molecule has 2 N–H and O–H groups in total. The number of halogens is 1. The molecule has 1 aromatic carbocycles. The van der Waals surface area contributed by atoms with E-state index in [2.05, 4.69) is 31.4 Å². The third-order valence-corrected chi connectivity index (χ3v) is 3.12. The number of amides is 1. The minimum absolute atomic E-state index is 0.0949. The fraction of sp³-hybridized carbons (Fsp3) is 0.0714. The topological polar surface area (TPSA) is 74.6 Å². The van der Waals surface area contributed by atoms with Gasteiger partial charge in [0.25, 0.3) is 5.91 Å². The van der Waals surface area contributed by atoms with Crippen molar-refractivity contribution in [2.45, 2.75) is 6.92 Å². The van der Waals surface area contributed by atoms with Crippen LogP contribution in [0.5, 0.6) is 5.75 Å². The molecule has 2 aromatic rings. The van der Waals surface area contributed by atoms with Crippen LogP contribution < -0.4 is 5.43 Å². The zero-order chi connectivity index (χ0) is 14.5. The molecule has 20 heavy (non-hydrogen) atoms. The van der Waals surface area contributed by atoms with E-state index in [4.69, 9.17) is 0 Å². The van der Waals surface area contributed by atoms with Gasteiger partial charge >= 0.3 is 0 Å². The molecule has 0 radical (unpaired) electrons. The van der Waals surface area contributed by atoms with Crippen molar-refractivity contribution in [3.63, 3.8) is 0 Å². The van der Waals surface area contributed by atoms with Crippen molar-refractivity contribution in [3.8, 4) is 5.75 Å². The number of rotatable bonds is 3. The van der Waals surface area contributed by atoms with Crippen LogP contribution in [0.3, 0.4) is 0 Å². The molecule has 5 nitrogen and oxygen atoms in total. The molecule has 0 fully saturated rings. The summed E-state index contributed by atoms with van der Waals surface area (Å²) < 4.78 is 0.704. The molecule has 6 heteroatoms. The lowest BCUT2D eigenvalue weighted by Crippen LogP contribution is -2.19. The zero-order valence-electron chi connectivity index (χ0n) is 10.7. The zero-order valence-corrected chi connectivity index (χ0v) is 12.3. The summed E-state index contributed by atoms with van der Waals surface area (Å²) in [4.78, 5) is 15.9. The molecule has 0 spiro atoms. The van der Waals surface area contributed by atoms with Crippen LogP contribution in [0.25, 0.3) is 0 Å². The quantitative estimate of drug-likeness (QED) is 0.669. The van der Waals surface area contributed by atoms with E-state index in [1.165, 1.54) is 12.1 Å². The molecule has 0 aliphatic carbocycles. The highest BCUT2D eigenvalue weighted by Gasteiger charge is 2.11. The number of aromatic hydroxyl groups is 1. The summed E-state index contributed by atoms with van der Waals surface area (Å²) in [6.07, 6.45) is 3.30. The summed E-state index contributed by atoms with van der Waals surface area (Å²) in [5.41, 5.74) is 4.08. The second kappa shape index (κ2) is 6.29. The highest BCUT2D eigenvalue weighted by Crippen LogP contribution is 2.21.